The van der Waals surface area contributed by atoms with Gasteiger partial charge in [0.05, 0.1) is 0 Å². The third kappa shape index (κ3) is 6.29. The molecule has 2 heteroatoms. The Hall–Kier alpha value is -0.110. The van der Waals surface area contributed by atoms with E-state index in [0.29, 0.717) is 12.3 Å². The fourth-order valence-electron chi connectivity index (χ4n) is 1.05. The molecule has 0 saturated carbocycles. The van der Waals surface area contributed by atoms with Gasteiger partial charge in [-0.05, 0) is 30.7 Å². The van der Waals surface area contributed by atoms with Gasteiger partial charge in [-0.15, -0.1) is 0 Å². The Balaban J connectivity index is 3.51. The summed E-state index contributed by atoms with van der Waals surface area (Å²) in [6.45, 7) is 4.26. The lowest BCUT2D eigenvalue weighted by Crippen LogP contribution is -1.95. The number of hydrogen-bond acceptors (Lipinski definition) is 1. The highest BCUT2D eigenvalue weighted by atomic mass is 79.9. The van der Waals surface area contributed by atoms with Crippen molar-refractivity contribution in [3.8, 4) is 0 Å². The molecule has 64 valence electrons. The van der Waals surface area contributed by atoms with Crippen LogP contribution < -0.4 is 0 Å². The van der Waals surface area contributed by atoms with Crippen LogP contribution in [0.3, 0.4) is 0 Å². The second kappa shape index (κ2) is 6.59. The summed E-state index contributed by atoms with van der Waals surface area (Å²) in [5.41, 5.74) is 1.34. The summed E-state index contributed by atoms with van der Waals surface area (Å²) in [5.74, 6) is 0.619. The molecule has 0 aliphatic rings. The molecule has 0 aliphatic heterocycles. The maximum Gasteiger partial charge on any atom is 0.120 e. The van der Waals surface area contributed by atoms with Crippen LogP contribution in [0.1, 0.15) is 33.1 Å². The van der Waals surface area contributed by atoms with E-state index in [1.807, 2.05) is 4.99 Å². The Bertz CT molecular complexity index is 140. The van der Waals surface area contributed by atoms with Crippen LogP contribution in [-0.4, -0.2) is 6.29 Å². The van der Waals surface area contributed by atoms with Gasteiger partial charge in [-0.2, -0.15) is 0 Å². The van der Waals surface area contributed by atoms with Gasteiger partial charge >= 0.3 is 0 Å². The molecule has 0 radical (unpaired) electrons. The van der Waals surface area contributed by atoms with Crippen molar-refractivity contribution >= 4 is 22.2 Å². The molecule has 1 nitrogen and oxygen atoms in total. The van der Waals surface area contributed by atoms with Gasteiger partial charge in [0.15, 0.2) is 0 Å². The molecule has 0 N–H and O–H groups in total. The van der Waals surface area contributed by atoms with Crippen LogP contribution in [0.25, 0.3) is 0 Å². The second-order valence-corrected chi connectivity index (χ2v) is 3.47. The predicted octanol–water partition coefficient (Wildman–Crippen LogP) is 3.29. The highest BCUT2D eigenvalue weighted by molar-refractivity contribution is 9.11. The van der Waals surface area contributed by atoms with Gasteiger partial charge in [0, 0.05) is 6.42 Å². The zero-order valence-corrected chi connectivity index (χ0v) is 8.73. The monoisotopic (exact) mass is 218 g/mol. The van der Waals surface area contributed by atoms with Gasteiger partial charge in [0.2, 0.25) is 0 Å². The Kier molecular flexibility index (Phi) is 6.52. The van der Waals surface area contributed by atoms with Crippen molar-refractivity contribution in [2.45, 2.75) is 33.1 Å². The molecular weight excluding hydrogens is 204 g/mol. The third-order valence-corrected chi connectivity index (χ3v) is 2.42. The highest BCUT2D eigenvalue weighted by Gasteiger charge is 2.01. The van der Waals surface area contributed by atoms with E-state index in [4.69, 9.17) is 0 Å². The SMILES string of the molecule is C/C(=C\Br)CC(C)CCC=O. The van der Waals surface area contributed by atoms with Crippen molar-refractivity contribution < 1.29 is 4.79 Å². The van der Waals surface area contributed by atoms with Crippen LogP contribution >= 0.6 is 15.9 Å². The van der Waals surface area contributed by atoms with Gasteiger partial charge < -0.3 is 4.79 Å². The maximum atomic E-state index is 10.0. The van der Waals surface area contributed by atoms with Gasteiger partial charge in [-0.1, -0.05) is 28.4 Å². The zero-order chi connectivity index (χ0) is 8.69. The normalized spacial score (nSPS) is 14.6. The minimum atomic E-state index is 0.619. The van der Waals surface area contributed by atoms with Crippen LogP contribution in [0.2, 0.25) is 0 Å². The molecule has 11 heavy (non-hydrogen) atoms. The van der Waals surface area contributed by atoms with E-state index in [1.165, 1.54) is 5.57 Å². The molecule has 0 aromatic rings. The summed E-state index contributed by atoms with van der Waals surface area (Å²) < 4.78 is 0. The molecule has 1 atom stereocenters. The van der Waals surface area contributed by atoms with Gasteiger partial charge in [0.25, 0.3) is 0 Å². The number of halogens is 1. The molecule has 0 saturated heterocycles. The average Bonchev–Trinajstić information content (AvgIpc) is 2.00. The van der Waals surface area contributed by atoms with Crippen LogP contribution in [0, 0.1) is 5.92 Å². The average molecular weight is 219 g/mol. The van der Waals surface area contributed by atoms with Crippen LogP contribution in [0.4, 0.5) is 0 Å². The summed E-state index contributed by atoms with van der Waals surface area (Å²) in [6, 6.07) is 0. The number of allylic oxidation sites excluding steroid dienone is 1. The lowest BCUT2D eigenvalue weighted by molar-refractivity contribution is -0.108. The summed E-state index contributed by atoms with van der Waals surface area (Å²) in [5, 5.41) is 0. The van der Waals surface area contributed by atoms with E-state index in [2.05, 4.69) is 29.8 Å². The molecule has 0 amide bonds. The summed E-state index contributed by atoms with van der Waals surface area (Å²) in [6.07, 6.45) is 3.77. The van der Waals surface area contributed by atoms with Gasteiger partial charge in [0.1, 0.15) is 6.29 Å². The van der Waals surface area contributed by atoms with Crippen molar-refractivity contribution in [2.75, 3.05) is 0 Å². The molecule has 0 aromatic heterocycles. The number of carbonyl (C=O) groups excluding carboxylic acids is 1. The smallest absolute Gasteiger partial charge is 0.120 e. The first kappa shape index (κ1) is 10.9. The molecule has 0 aromatic carbocycles. The van der Waals surface area contributed by atoms with Crippen molar-refractivity contribution in [3.05, 3.63) is 10.6 Å². The molecule has 0 spiro atoms. The Labute approximate surface area is 77.0 Å². The van der Waals surface area contributed by atoms with Crippen LogP contribution in [0.15, 0.2) is 10.6 Å². The summed E-state index contributed by atoms with van der Waals surface area (Å²) in [4.78, 5) is 12.0. The van der Waals surface area contributed by atoms with Gasteiger partial charge in [-0.25, -0.2) is 0 Å². The van der Waals surface area contributed by atoms with Gasteiger partial charge in [-0.3, -0.25) is 0 Å². The minimum absolute atomic E-state index is 0.619. The Morgan fingerprint density at radius 3 is 2.73 bits per heavy atom. The van der Waals surface area contributed by atoms with Crippen LogP contribution in [0.5, 0.6) is 0 Å². The minimum Gasteiger partial charge on any atom is -0.303 e. The number of aldehydes is 1. The van der Waals surface area contributed by atoms with E-state index in [-0.39, 0.29) is 0 Å². The van der Waals surface area contributed by atoms with Crippen LogP contribution in [-0.2, 0) is 4.79 Å². The third-order valence-electron chi connectivity index (χ3n) is 1.63. The Morgan fingerprint density at radius 1 is 1.64 bits per heavy atom. The largest absolute Gasteiger partial charge is 0.303 e. The number of carbonyl (C=O) groups is 1. The fourth-order valence-corrected chi connectivity index (χ4v) is 1.24. The van der Waals surface area contributed by atoms with Crippen molar-refractivity contribution in [2.24, 2.45) is 5.92 Å². The molecule has 1 unspecified atom stereocenters. The van der Waals surface area contributed by atoms with Crippen molar-refractivity contribution in [3.63, 3.8) is 0 Å². The zero-order valence-electron chi connectivity index (χ0n) is 7.14. The Morgan fingerprint density at radius 2 is 2.27 bits per heavy atom. The first-order chi connectivity index (χ1) is 5.20. The first-order valence-electron chi connectivity index (χ1n) is 3.90. The highest BCUT2D eigenvalue weighted by Crippen LogP contribution is 2.16. The molecule has 0 fully saturated rings. The molecule has 0 bridgehead atoms. The topological polar surface area (TPSA) is 17.1 Å². The van der Waals surface area contributed by atoms with Crippen molar-refractivity contribution in [1.82, 2.24) is 0 Å². The fraction of sp³-hybridized carbons (Fsp3) is 0.667. The lowest BCUT2D eigenvalue weighted by atomic mass is 9.99. The number of hydrogen-bond donors (Lipinski definition) is 0. The first-order valence-corrected chi connectivity index (χ1v) is 4.81. The molecule has 0 heterocycles. The quantitative estimate of drug-likeness (QED) is 0.648. The van der Waals surface area contributed by atoms with E-state index >= 15 is 0 Å². The van der Waals surface area contributed by atoms with E-state index in [0.717, 1.165) is 19.1 Å². The second-order valence-electron chi connectivity index (χ2n) is 3.01. The molecule has 0 aliphatic carbocycles. The molecular formula is C9H15BrO. The summed E-state index contributed by atoms with van der Waals surface area (Å²) >= 11 is 3.28. The standard InChI is InChI=1S/C9H15BrO/c1-8(4-3-5-11)6-9(2)7-10/h5,7-8H,3-4,6H2,1-2H3/b9-7+. The molecule has 0 rings (SSSR count). The number of rotatable bonds is 5. The lowest BCUT2D eigenvalue weighted by Gasteiger charge is -2.08. The predicted molar refractivity (Wildman–Crippen MR) is 51.8 cm³/mol. The maximum absolute atomic E-state index is 10.0. The van der Waals surface area contributed by atoms with Crippen molar-refractivity contribution in [1.29, 1.82) is 0 Å². The van der Waals surface area contributed by atoms with E-state index < -0.39 is 0 Å². The van der Waals surface area contributed by atoms with E-state index in [1.54, 1.807) is 0 Å². The van der Waals surface area contributed by atoms with E-state index in [9.17, 15) is 4.79 Å². The summed E-state index contributed by atoms with van der Waals surface area (Å²) in [7, 11) is 0.